The molecule has 5 atom stereocenters. The van der Waals surface area contributed by atoms with E-state index in [4.69, 9.17) is 23.7 Å². The summed E-state index contributed by atoms with van der Waals surface area (Å²) in [7, 11) is 0. The molecule has 0 amide bonds. The molecular weight excluding hydrogens is 388 g/mol. The molecule has 1 N–H and O–H groups in total. The number of carbonyl (C=O) groups excluding carboxylic acids is 4. The van der Waals surface area contributed by atoms with Crippen molar-refractivity contribution in [2.75, 3.05) is 6.61 Å². The predicted molar refractivity (Wildman–Crippen MR) is 94.9 cm³/mol. The Morgan fingerprint density at radius 2 is 1.59 bits per heavy atom. The highest BCUT2D eigenvalue weighted by Gasteiger charge is 2.51. The Bertz CT molecular complexity index is 744. The molecule has 0 bridgehead atoms. The molecule has 0 radical (unpaired) electrons. The third-order valence-corrected chi connectivity index (χ3v) is 3.94. The van der Waals surface area contributed by atoms with Crippen molar-refractivity contribution in [2.45, 2.75) is 51.5 Å². The zero-order valence-corrected chi connectivity index (χ0v) is 16.1. The number of hydrogen-bond donors (Lipinski definition) is 1. The SMILES string of the molecule is CC(=O)OC[C@H]1OC(Oc2ccc(C=O)cc2)[C@H](OC(C)=O)[C@@H](OC(C)=O)[C@@H]1O. The summed E-state index contributed by atoms with van der Waals surface area (Å²) in [5.74, 6) is -1.78. The second-order valence-corrected chi connectivity index (χ2v) is 6.29. The summed E-state index contributed by atoms with van der Waals surface area (Å²) in [6.45, 7) is 3.11. The van der Waals surface area contributed by atoms with Crippen molar-refractivity contribution >= 4 is 24.2 Å². The lowest BCUT2D eigenvalue weighted by atomic mass is 9.98. The number of carbonyl (C=O) groups is 4. The maximum atomic E-state index is 11.6. The van der Waals surface area contributed by atoms with Crippen molar-refractivity contribution in [3.8, 4) is 5.75 Å². The van der Waals surface area contributed by atoms with Crippen LogP contribution in [0.4, 0.5) is 0 Å². The van der Waals surface area contributed by atoms with Gasteiger partial charge in [0.05, 0.1) is 0 Å². The minimum atomic E-state index is -1.46. The van der Waals surface area contributed by atoms with E-state index in [1.807, 2.05) is 0 Å². The Balaban J connectivity index is 2.31. The number of rotatable bonds is 7. The highest BCUT2D eigenvalue weighted by Crippen LogP contribution is 2.29. The summed E-state index contributed by atoms with van der Waals surface area (Å²) >= 11 is 0. The molecule has 1 aromatic rings. The fraction of sp³-hybridized carbons (Fsp3) is 0.474. The molecule has 1 unspecified atom stereocenters. The van der Waals surface area contributed by atoms with Crippen LogP contribution in [-0.2, 0) is 33.3 Å². The van der Waals surface area contributed by atoms with Crippen LogP contribution < -0.4 is 4.74 Å². The van der Waals surface area contributed by atoms with Crippen LogP contribution in [0.15, 0.2) is 24.3 Å². The first-order chi connectivity index (χ1) is 13.7. The van der Waals surface area contributed by atoms with E-state index in [1.165, 1.54) is 31.2 Å². The average Bonchev–Trinajstić information content (AvgIpc) is 2.65. The number of aldehydes is 1. The van der Waals surface area contributed by atoms with E-state index >= 15 is 0 Å². The molecule has 1 heterocycles. The van der Waals surface area contributed by atoms with Crippen LogP contribution in [-0.4, -0.2) is 66.6 Å². The standard InChI is InChI=1S/C19H22O10/c1-10(21)25-9-15-16(24)17(26-11(2)22)18(27-12(3)23)19(29-15)28-14-6-4-13(8-20)5-7-14/h4-8,15-19,24H,9H2,1-3H3/t15-,16-,17+,18-,19?/m1/s1. The van der Waals surface area contributed by atoms with Crippen molar-refractivity contribution in [3.63, 3.8) is 0 Å². The van der Waals surface area contributed by atoms with Gasteiger partial charge in [-0.2, -0.15) is 0 Å². The van der Waals surface area contributed by atoms with Gasteiger partial charge in [-0.15, -0.1) is 0 Å². The van der Waals surface area contributed by atoms with Gasteiger partial charge in [-0.05, 0) is 24.3 Å². The zero-order valence-electron chi connectivity index (χ0n) is 16.1. The minimum absolute atomic E-state index is 0.266. The molecule has 1 aliphatic heterocycles. The molecule has 0 saturated carbocycles. The molecule has 1 saturated heterocycles. The first-order valence-corrected chi connectivity index (χ1v) is 8.74. The van der Waals surface area contributed by atoms with Gasteiger partial charge < -0.3 is 28.8 Å². The van der Waals surface area contributed by atoms with E-state index in [9.17, 15) is 24.3 Å². The minimum Gasteiger partial charge on any atom is -0.463 e. The lowest BCUT2D eigenvalue weighted by molar-refractivity contribution is -0.285. The number of ether oxygens (including phenoxy) is 5. The normalized spacial score (nSPS) is 26.1. The third kappa shape index (κ3) is 6.26. The molecule has 10 heteroatoms. The Hall–Kier alpha value is -2.98. The Morgan fingerprint density at radius 3 is 2.10 bits per heavy atom. The lowest BCUT2D eigenvalue weighted by Crippen LogP contribution is -2.62. The molecule has 10 nitrogen and oxygen atoms in total. The van der Waals surface area contributed by atoms with Crippen molar-refractivity contribution in [1.29, 1.82) is 0 Å². The van der Waals surface area contributed by atoms with Crippen LogP contribution in [0.3, 0.4) is 0 Å². The van der Waals surface area contributed by atoms with Gasteiger partial charge in [0.15, 0.2) is 6.10 Å². The first kappa shape index (κ1) is 22.3. The number of hydrogen-bond acceptors (Lipinski definition) is 10. The van der Waals surface area contributed by atoms with Crippen LogP contribution in [0.25, 0.3) is 0 Å². The number of esters is 3. The molecule has 0 aromatic heterocycles. The van der Waals surface area contributed by atoms with Crippen LogP contribution in [0.2, 0.25) is 0 Å². The molecule has 1 aromatic carbocycles. The topological polar surface area (TPSA) is 135 Å². The Labute approximate surface area is 166 Å². The van der Waals surface area contributed by atoms with Crippen LogP contribution in [0.1, 0.15) is 31.1 Å². The van der Waals surface area contributed by atoms with Gasteiger partial charge in [0.2, 0.25) is 12.4 Å². The van der Waals surface area contributed by atoms with Gasteiger partial charge >= 0.3 is 17.9 Å². The van der Waals surface area contributed by atoms with Gasteiger partial charge in [-0.1, -0.05) is 0 Å². The smallest absolute Gasteiger partial charge is 0.303 e. The highest BCUT2D eigenvalue weighted by atomic mass is 16.7. The van der Waals surface area contributed by atoms with Crippen molar-refractivity contribution in [1.82, 2.24) is 0 Å². The highest BCUT2D eigenvalue weighted by molar-refractivity contribution is 5.74. The van der Waals surface area contributed by atoms with Gasteiger partial charge in [-0.25, -0.2) is 0 Å². The molecular formula is C19H22O10. The summed E-state index contributed by atoms with van der Waals surface area (Å²) in [6.07, 6.45) is -5.84. The Kier molecular flexibility index (Phi) is 7.68. The first-order valence-electron chi connectivity index (χ1n) is 8.74. The van der Waals surface area contributed by atoms with Gasteiger partial charge in [-0.3, -0.25) is 19.2 Å². The monoisotopic (exact) mass is 410 g/mol. The summed E-state index contributed by atoms with van der Waals surface area (Å²) in [5.41, 5.74) is 0.416. The largest absolute Gasteiger partial charge is 0.463 e. The quantitative estimate of drug-likeness (QED) is 0.382. The Morgan fingerprint density at radius 1 is 1.00 bits per heavy atom. The molecule has 1 aliphatic rings. The molecule has 0 aliphatic carbocycles. The zero-order chi connectivity index (χ0) is 21.6. The fourth-order valence-corrected chi connectivity index (χ4v) is 2.72. The summed E-state index contributed by atoms with van der Waals surface area (Å²) in [6, 6.07) is 5.98. The second kappa shape index (κ2) is 9.99. The average molecular weight is 410 g/mol. The maximum absolute atomic E-state index is 11.6. The fourth-order valence-electron chi connectivity index (χ4n) is 2.72. The van der Waals surface area contributed by atoms with Gasteiger partial charge in [0.1, 0.15) is 30.9 Å². The van der Waals surface area contributed by atoms with E-state index in [0.29, 0.717) is 11.8 Å². The molecule has 1 fully saturated rings. The number of aliphatic hydroxyl groups excluding tert-OH is 1. The lowest BCUT2D eigenvalue weighted by Gasteiger charge is -2.42. The van der Waals surface area contributed by atoms with E-state index in [-0.39, 0.29) is 12.4 Å². The van der Waals surface area contributed by atoms with Crippen LogP contribution in [0, 0.1) is 0 Å². The van der Waals surface area contributed by atoms with Gasteiger partial charge in [0, 0.05) is 26.3 Å². The van der Waals surface area contributed by atoms with Crippen LogP contribution >= 0.6 is 0 Å². The van der Waals surface area contributed by atoms with Crippen molar-refractivity contribution in [2.24, 2.45) is 0 Å². The number of aliphatic hydroxyl groups is 1. The molecule has 2 rings (SSSR count). The summed E-state index contributed by atoms with van der Waals surface area (Å²) in [4.78, 5) is 45.0. The second-order valence-electron chi connectivity index (χ2n) is 6.29. The number of benzene rings is 1. The summed E-state index contributed by atoms with van der Waals surface area (Å²) in [5, 5.41) is 10.5. The van der Waals surface area contributed by atoms with Crippen molar-refractivity contribution < 1.29 is 48.0 Å². The molecule has 158 valence electrons. The molecule has 0 spiro atoms. The maximum Gasteiger partial charge on any atom is 0.303 e. The predicted octanol–water partition coefficient (Wildman–Crippen LogP) is 0.390. The third-order valence-electron chi connectivity index (χ3n) is 3.94. The molecule has 29 heavy (non-hydrogen) atoms. The van der Waals surface area contributed by atoms with E-state index in [1.54, 1.807) is 0 Å². The van der Waals surface area contributed by atoms with Crippen molar-refractivity contribution in [3.05, 3.63) is 29.8 Å². The van der Waals surface area contributed by atoms with E-state index in [2.05, 4.69) is 0 Å². The van der Waals surface area contributed by atoms with Gasteiger partial charge in [0.25, 0.3) is 0 Å². The van der Waals surface area contributed by atoms with E-state index in [0.717, 1.165) is 13.8 Å². The van der Waals surface area contributed by atoms with Crippen LogP contribution in [0.5, 0.6) is 5.75 Å². The van der Waals surface area contributed by atoms with E-state index < -0.39 is 48.6 Å². The summed E-state index contributed by atoms with van der Waals surface area (Å²) < 4.78 is 26.6.